The van der Waals surface area contributed by atoms with Crippen molar-refractivity contribution in [3.05, 3.63) is 54.1 Å². The van der Waals surface area contributed by atoms with Crippen LogP contribution in [0.5, 0.6) is 17.2 Å². The molecule has 0 unspecified atom stereocenters. The number of carbonyl (C=O) groups is 1. The topological polar surface area (TPSA) is 56.8 Å². The summed E-state index contributed by atoms with van der Waals surface area (Å²) < 4.78 is 15.5. The minimum atomic E-state index is -0.236. The highest BCUT2D eigenvalue weighted by molar-refractivity contribution is 6.02. The van der Waals surface area contributed by atoms with Gasteiger partial charge in [0.05, 0.1) is 21.3 Å². The van der Waals surface area contributed by atoms with Gasteiger partial charge < -0.3 is 19.5 Å². The van der Waals surface area contributed by atoms with Crippen LogP contribution in [-0.2, 0) is 4.79 Å². The largest absolute Gasteiger partial charge is 0.497 e. The number of rotatable bonds is 6. The molecule has 0 heterocycles. The van der Waals surface area contributed by atoms with E-state index in [0.29, 0.717) is 17.2 Å². The summed E-state index contributed by atoms with van der Waals surface area (Å²) >= 11 is 0. The zero-order valence-corrected chi connectivity index (χ0v) is 13.3. The van der Waals surface area contributed by atoms with E-state index < -0.39 is 0 Å². The molecule has 0 saturated carbocycles. The second-order valence-electron chi connectivity index (χ2n) is 4.66. The van der Waals surface area contributed by atoms with Crippen LogP contribution in [-0.4, -0.2) is 27.2 Å². The molecule has 0 aliphatic carbocycles. The molecule has 0 aliphatic rings. The first-order valence-corrected chi connectivity index (χ1v) is 7.01. The summed E-state index contributed by atoms with van der Waals surface area (Å²) in [4.78, 5) is 12.0. The van der Waals surface area contributed by atoms with Crippen molar-refractivity contribution in [1.82, 2.24) is 0 Å². The van der Waals surface area contributed by atoms with Gasteiger partial charge in [0.2, 0.25) is 5.91 Å². The predicted molar refractivity (Wildman–Crippen MR) is 90.2 cm³/mol. The first-order chi connectivity index (χ1) is 11.2. The lowest BCUT2D eigenvalue weighted by atomic mass is 10.1. The molecule has 5 heteroatoms. The van der Waals surface area contributed by atoms with Crippen LogP contribution in [0, 0.1) is 0 Å². The van der Waals surface area contributed by atoms with E-state index in [4.69, 9.17) is 14.2 Å². The summed E-state index contributed by atoms with van der Waals surface area (Å²) in [6, 6.07) is 12.5. The number of ether oxygens (including phenoxy) is 3. The lowest BCUT2D eigenvalue weighted by Crippen LogP contribution is -2.07. The smallest absolute Gasteiger partial charge is 0.248 e. The monoisotopic (exact) mass is 313 g/mol. The van der Waals surface area contributed by atoms with Crippen molar-refractivity contribution in [3.63, 3.8) is 0 Å². The number of nitrogens with one attached hydrogen (secondary N) is 1. The minimum Gasteiger partial charge on any atom is -0.497 e. The van der Waals surface area contributed by atoms with Crippen LogP contribution in [0.15, 0.2) is 48.5 Å². The van der Waals surface area contributed by atoms with E-state index in [1.54, 1.807) is 69.9 Å². The Bertz CT molecular complexity index is 693. The molecule has 2 aromatic carbocycles. The summed E-state index contributed by atoms with van der Waals surface area (Å²) in [5, 5.41) is 2.78. The van der Waals surface area contributed by atoms with Crippen LogP contribution in [0.1, 0.15) is 5.56 Å². The molecule has 0 bridgehead atoms. The number of anilines is 1. The van der Waals surface area contributed by atoms with Gasteiger partial charge in [0.25, 0.3) is 0 Å². The van der Waals surface area contributed by atoms with Crippen molar-refractivity contribution in [3.8, 4) is 17.2 Å². The summed E-state index contributed by atoms with van der Waals surface area (Å²) in [7, 11) is 4.76. The normalized spacial score (nSPS) is 10.4. The van der Waals surface area contributed by atoms with Gasteiger partial charge in [-0.25, -0.2) is 0 Å². The molecule has 2 aromatic rings. The van der Waals surface area contributed by atoms with Crippen molar-refractivity contribution < 1.29 is 19.0 Å². The maximum Gasteiger partial charge on any atom is 0.248 e. The molecule has 0 spiro atoms. The van der Waals surface area contributed by atoms with Gasteiger partial charge in [-0.05, 0) is 48.5 Å². The number of carbonyl (C=O) groups excluding carboxylic acids is 1. The van der Waals surface area contributed by atoms with E-state index in [1.165, 1.54) is 6.08 Å². The Morgan fingerprint density at radius 3 is 2.17 bits per heavy atom. The number of hydrogen-bond donors (Lipinski definition) is 1. The fraction of sp³-hybridized carbons (Fsp3) is 0.167. The van der Waals surface area contributed by atoms with E-state index in [1.807, 2.05) is 0 Å². The Morgan fingerprint density at radius 2 is 1.57 bits per heavy atom. The maximum atomic E-state index is 12.0. The minimum absolute atomic E-state index is 0.236. The van der Waals surface area contributed by atoms with E-state index in [0.717, 1.165) is 11.3 Å². The standard InChI is InChI=1S/C18H19NO4/c1-21-15-7-5-14(6-8-15)19-18(20)11-4-13-12-16(22-2)9-10-17(13)23-3/h4-12H,1-3H3,(H,19,20)/b11-4+. The fourth-order valence-corrected chi connectivity index (χ4v) is 1.99. The average molecular weight is 313 g/mol. The Balaban J connectivity index is 2.08. The zero-order valence-electron chi connectivity index (χ0n) is 13.3. The van der Waals surface area contributed by atoms with Gasteiger partial charge in [-0.2, -0.15) is 0 Å². The third-order valence-corrected chi connectivity index (χ3v) is 3.21. The average Bonchev–Trinajstić information content (AvgIpc) is 2.60. The molecule has 5 nitrogen and oxygen atoms in total. The molecule has 0 fully saturated rings. The quantitative estimate of drug-likeness (QED) is 0.831. The van der Waals surface area contributed by atoms with Gasteiger partial charge in [0.15, 0.2) is 0 Å². The molecular weight excluding hydrogens is 294 g/mol. The van der Waals surface area contributed by atoms with Crippen LogP contribution in [0.25, 0.3) is 6.08 Å². The summed E-state index contributed by atoms with van der Waals surface area (Å²) in [6.45, 7) is 0. The first kappa shape index (κ1) is 16.4. The second-order valence-corrected chi connectivity index (χ2v) is 4.66. The van der Waals surface area contributed by atoms with Gasteiger partial charge in [0.1, 0.15) is 17.2 Å². The van der Waals surface area contributed by atoms with E-state index in [2.05, 4.69) is 5.32 Å². The molecule has 0 aliphatic heterocycles. The van der Waals surface area contributed by atoms with Gasteiger partial charge >= 0.3 is 0 Å². The third kappa shape index (κ3) is 4.51. The van der Waals surface area contributed by atoms with Crippen molar-refractivity contribution in [1.29, 1.82) is 0 Å². The van der Waals surface area contributed by atoms with Crippen LogP contribution in [0.4, 0.5) is 5.69 Å². The Labute approximate surface area is 135 Å². The van der Waals surface area contributed by atoms with Crippen LogP contribution in [0.3, 0.4) is 0 Å². The van der Waals surface area contributed by atoms with E-state index in [9.17, 15) is 4.79 Å². The summed E-state index contributed by atoms with van der Waals surface area (Å²) in [5.74, 6) is 1.86. The molecule has 0 radical (unpaired) electrons. The Kier molecular flexibility index (Phi) is 5.63. The zero-order chi connectivity index (χ0) is 16.7. The maximum absolute atomic E-state index is 12.0. The molecule has 0 aromatic heterocycles. The highest BCUT2D eigenvalue weighted by atomic mass is 16.5. The number of benzene rings is 2. The molecule has 120 valence electrons. The lowest BCUT2D eigenvalue weighted by molar-refractivity contribution is -0.111. The van der Waals surface area contributed by atoms with Crippen molar-refractivity contribution in [2.24, 2.45) is 0 Å². The van der Waals surface area contributed by atoms with Crippen molar-refractivity contribution in [2.75, 3.05) is 26.6 Å². The molecule has 1 N–H and O–H groups in total. The fourth-order valence-electron chi connectivity index (χ4n) is 1.99. The SMILES string of the molecule is COc1ccc(NC(=O)/C=C/c2cc(OC)ccc2OC)cc1. The predicted octanol–water partition coefficient (Wildman–Crippen LogP) is 3.36. The van der Waals surface area contributed by atoms with Gasteiger partial charge in [-0.1, -0.05) is 0 Å². The van der Waals surface area contributed by atoms with Crippen LogP contribution < -0.4 is 19.5 Å². The number of amides is 1. The van der Waals surface area contributed by atoms with Crippen molar-refractivity contribution in [2.45, 2.75) is 0 Å². The van der Waals surface area contributed by atoms with Crippen molar-refractivity contribution >= 4 is 17.7 Å². The second kappa shape index (κ2) is 7.89. The lowest BCUT2D eigenvalue weighted by Gasteiger charge is -2.07. The number of hydrogen-bond acceptors (Lipinski definition) is 4. The van der Waals surface area contributed by atoms with E-state index >= 15 is 0 Å². The van der Waals surface area contributed by atoms with Gasteiger partial charge in [-0.15, -0.1) is 0 Å². The Hall–Kier alpha value is -2.95. The van der Waals surface area contributed by atoms with Crippen LogP contribution in [0.2, 0.25) is 0 Å². The first-order valence-electron chi connectivity index (χ1n) is 7.01. The molecule has 2 rings (SSSR count). The molecule has 1 amide bonds. The molecular formula is C18H19NO4. The highest BCUT2D eigenvalue weighted by Crippen LogP contribution is 2.25. The molecule has 23 heavy (non-hydrogen) atoms. The van der Waals surface area contributed by atoms with E-state index in [-0.39, 0.29) is 5.91 Å². The molecule has 0 atom stereocenters. The van der Waals surface area contributed by atoms with Crippen LogP contribution >= 0.6 is 0 Å². The third-order valence-electron chi connectivity index (χ3n) is 3.21. The summed E-state index contributed by atoms with van der Waals surface area (Å²) in [5.41, 5.74) is 1.45. The van der Waals surface area contributed by atoms with Gasteiger partial charge in [0, 0.05) is 17.3 Å². The van der Waals surface area contributed by atoms with Gasteiger partial charge in [-0.3, -0.25) is 4.79 Å². The Morgan fingerprint density at radius 1 is 0.913 bits per heavy atom. The number of methoxy groups -OCH3 is 3. The summed E-state index contributed by atoms with van der Waals surface area (Å²) in [6.07, 6.45) is 3.13. The highest BCUT2D eigenvalue weighted by Gasteiger charge is 2.03. The molecule has 0 saturated heterocycles.